The molecule has 0 bridgehead atoms. The Hall–Kier alpha value is -3.34. The summed E-state index contributed by atoms with van der Waals surface area (Å²) in [4.78, 5) is 10.6. The molecule has 0 saturated heterocycles. The van der Waals surface area contributed by atoms with E-state index in [0.717, 1.165) is 11.3 Å². The molecule has 3 rings (SSSR count). The molecule has 3 aromatic carbocycles. The van der Waals surface area contributed by atoms with Gasteiger partial charge in [0.1, 0.15) is 17.6 Å². The van der Waals surface area contributed by atoms with Gasteiger partial charge in [-0.3, -0.25) is 4.79 Å². The maximum absolute atomic E-state index is 14.3. The summed E-state index contributed by atoms with van der Waals surface area (Å²) in [5.41, 5.74) is 1.47. The Kier molecular flexibility index (Phi) is 6.27. The molecule has 0 aliphatic rings. The third-order valence-electron chi connectivity index (χ3n) is 4.23. The van der Waals surface area contributed by atoms with Crippen LogP contribution in [0.1, 0.15) is 30.6 Å². The van der Waals surface area contributed by atoms with E-state index in [4.69, 9.17) is 14.6 Å². The topological polar surface area (TPSA) is 55.8 Å². The number of carboxylic acids is 1. The Morgan fingerprint density at radius 1 is 1.00 bits per heavy atom. The van der Waals surface area contributed by atoms with Crippen LogP contribution in [0, 0.1) is 5.82 Å². The summed E-state index contributed by atoms with van der Waals surface area (Å²) in [5, 5.41) is 8.73. The zero-order valence-corrected chi connectivity index (χ0v) is 15.5. The summed E-state index contributed by atoms with van der Waals surface area (Å²) in [6.45, 7) is 1.83. The van der Waals surface area contributed by atoms with Gasteiger partial charge in [0.05, 0.1) is 0 Å². The van der Waals surface area contributed by atoms with E-state index >= 15 is 0 Å². The van der Waals surface area contributed by atoms with Gasteiger partial charge < -0.3 is 14.6 Å². The van der Waals surface area contributed by atoms with Gasteiger partial charge in [0.25, 0.3) is 0 Å². The average molecular weight is 380 g/mol. The number of aryl methyl sites for hydroxylation is 1. The number of hydrogen-bond acceptors (Lipinski definition) is 3. The van der Waals surface area contributed by atoms with Crippen LogP contribution < -0.4 is 9.47 Å². The fraction of sp³-hybridized carbons (Fsp3) is 0.174. The van der Waals surface area contributed by atoms with Crippen molar-refractivity contribution in [1.82, 2.24) is 0 Å². The highest BCUT2D eigenvalue weighted by atomic mass is 19.1. The monoisotopic (exact) mass is 380 g/mol. The quantitative estimate of drug-likeness (QED) is 0.539. The first-order valence-corrected chi connectivity index (χ1v) is 9.01. The number of rotatable bonds is 8. The van der Waals surface area contributed by atoms with Crippen LogP contribution >= 0.6 is 0 Å². The number of hydrogen-bond donors (Lipinski definition) is 1. The zero-order valence-electron chi connectivity index (χ0n) is 15.5. The molecule has 4 nitrogen and oxygen atoms in total. The molecular formula is C23H21FO4. The SMILES string of the molecule is CC(Oc1ccc(CCC(=O)O)cc1F)c1cccc(Oc2ccccc2)c1. The van der Waals surface area contributed by atoms with Crippen molar-refractivity contribution in [2.75, 3.05) is 0 Å². The highest BCUT2D eigenvalue weighted by molar-refractivity contribution is 5.67. The van der Waals surface area contributed by atoms with Crippen LogP contribution in [-0.4, -0.2) is 11.1 Å². The minimum absolute atomic E-state index is 0.0374. The van der Waals surface area contributed by atoms with Crippen molar-refractivity contribution in [3.63, 3.8) is 0 Å². The van der Waals surface area contributed by atoms with Gasteiger partial charge in [-0.2, -0.15) is 0 Å². The smallest absolute Gasteiger partial charge is 0.303 e. The lowest BCUT2D eigenvalue weighted by Crippen LogP contribution is -2.05. The van der Waals surface area contributed by atoms with Crippen molar-refractivity contribution in [1.29, 1.82) is 0 Å². The number of halogens is 1. The molecule has 28 heavy (non-hydrogen) atoms. The number of carbonyl (C=O) groups is 1. The van der Waals surface area contributed by atoms with Crippen LogP contribution in [0.25, 0.3) is 0 Å². The van der Waals surface area contributed by atoms with Crippen LogP contribution in [-0.2, 0) is 11.2 Å². The summed E-state index contributed by atoms with van der Waals surface area (Å²) in [7, 11) is 0. The normalized spacial score (nSPS) is 11.6. The van der Waals surface area contributed by atoms with Gasteiger partial charge in [-0.1, -0.05) is 36.4 Å². The molecule has 0 saturated carbocycles. The fourth-order valence-corrected chi connectivity index (χ4v) is 2.76. The number of benzene rings is 3. The maximum atomic E-state index is 14.3. The number of carboxylic acid groups (broad SMARTS) is 1. The molecule has 144 valence electrons. The molecule has 0 fully saturated rings. The summed E-state index contributed by atoms with van der Waals surface area (Å²) in [6, 6.07) is 21.4. The lowest BCUT2D eigenvalue weighted by Gasteiger charge is -2.17. The number of ether oxygens (including phenoxy) is 2. The van der Waals surface area contributed by atoms with Crippen molar-refractivity contribution >= 4 is 5.97 Å². The largest absolute Gasteiger partial charge is 0.483 e. The van der Waals surface area contributed by atoms with E-state index in [2.05, 4.69) is 0 Å². The molecule has 1 atom stereocenters. The Morgan fingerprint density at radius 2 is 1.75 bits per heavy atom. The standard InChI is InChI=1S/C23H21FO4/c1-16(27-22-12-10-17(14-21(22)24)11-13-23(25)26)18-6-5-9-20(15-18)28-19-7-3-2-4-8-19/h2-10,12,14-16H,11,13H2,1H3,(H,25,26). The van der Waals surface area contributed by atoms with Crippen LogP contribution in [0.3, 0.4) is 0 Å². The second-order valence-electron chi connectivity index (χ2n) is 6.41. The molecule has 0 aromatic heterocycles. The Morgan fingerprint density at radius 3 is 2.46 bits per heavy atom. The molecule has 0 spiro atoms. The lowest BCUT2D eigenvalue weighted by molar-refractivity contribution is -0.136. The number of aliphatic carboxylic acids is 1. The van der Waals surface area contributed by atoms with Gasteiger partial charge in [0.15, 0.2) is 11.6 Å². The molecule has 1 N–H and O–H groups in total. The summed E-state index contributed by atoms with van der Waals surface area (Å²) in [5.74, 6) is 0.110. The summed E-state index contributed by atoms with van der Waals surface area (Å²) in [6.07, 6.45) is -0.149. The first-order valence-electron chi connectivity index (χ1n) is 9.01. The van der Waals surface area contributed by atoms with Crippen molar-refractivity contribution in [2.45, 2.75) is 25.9 Å². The first-order chi connectivity index (χ1) is 13.5. The Bertz CT molecular complexity index is 940. The number of para-hydroxylation sites is 1. The first kappa shape index (κ1) is 19.4. The van der Waals surface area contributed by atoms with Gasteiger partial charge in [0.2, 0.25) is 0 Å². The third kappa shape index (κ3) is 5.33. The highest BCUT2D eigenvalue weighted by Crippen LogP contribution is 2.29. The van der Waals surface area contributed by atoms with E-state index in [1.165, 1.54) is 12.1 Å². The maximum Gasteiger partial charge on any atom is 0.303 e. The molecule has 0 radical (unpaired) electrons. The van der Waals surface area contributed by atoms with E-state index in [-0.39, 0.29) is 18.6 Å². The molecule has 0 amide bonds. The molecular weight excluding hydrogens is 359 g/mol. The van der Waals surface area contributed by atoms with E-state index < -0.39 is 17.9 Å². The summed E-state index contributed by atoms with van der Waals surface area (Å²) >= 11 is 0. The van der Waals surface area contributed by atoms with E-state index in [1.807, 2.05) is 61.5 Å². The van der Waals surface area contributed by atoms with Crippen molar-refractivity contribution in [3.8, 4) is 17.2 Å². The highest BCUT2D eigenvalue weighted by Gasteiger charge is 2.13. The molecule has 5 heteroatoms. The van der Waals surface area contributed by atoms with Crippen LogP contribution in [0.5, 0.6) is 17.2 Å². The fourth-order valence-electron chi connectivity index (χ4n) is 2.76. The van der Waals surface area contributed by atoms with E-state index in [0.29, 0.717) is 11.3 Å². The van der Waals surface area contributed by atoms with Crippen molar-refractivity contribution < 1.29 is 23.8 Å². The van der Waals surface area contributed by atoms with Gasteiger partial charge >= 0.3 is 5.97 Å². The predicted octanol–water partition coefficient (Wildman–Crippen LogP) is 5.78. The van der Waals surface area contributed by atoms with E-state index in [1.54, 1.807) is 6.07 Å². The molecule has 1 unspecified atom stereocenters. The second kappa shape index (κ2) is 9.04. The predicted molar refractivity (Wildman–Crippen MR) is 104 cm³/mol. The van der Waals surface area contributed by atoms with Gasteiger partial charge in [-0.05, 0) is 60.9 Å². The zero-order chi connectivity index (χ0) is 19.9. The van der Waals surface area contributed by atoms with Crippen LogP contribution in [0.15, 0.2) is 72.8 Å². The van der Waals surface area contributed by atoms with Crippen LogP contribution in [0.2, 0.25) is 0 Å². The summed E-state index contributed by atoms with van der Waals surface area (Å²) < 4.78 is 25.9. The molecule has 0 heterocycles. The van der Waals surface area contributed by atoms with Gasteiger partial charge in [0, 0.05) is 6.42 Å². The minimum Gasteiger partial charge on any atom is -0.483 e. The molecule has 0 aliphatic carbocycles. The molecule has 0 aliphatic heterocycles. The third-order valence-corrected chi connectivity index (χ3v) is 4.23. The minimum atomic E-state index is -0.910. The van der Waals surface area contributed by atoms with E-state index in [9.17, 15) is 9.18 Å². The van der Waals surface area contributed by atoms with Crippen LogP contribution in [0.4, 0.5) is 4.39 Å². The lowest BCUT2D eigenvalue weighted by atomic mass is 10.1. The van der Waals surface area contributed by atoms with Crippen molar-refractivity contribution in [3.05, 3.63) is 89.7 Å². The Balaban J connectivity index is 1.68. The molecule has 3 aromatic rings. The van der Waals surface area contributed by atoms with Gasteiger partial charge in [-0.15, -0.1) is 0 Å². The van der Waals surface area contributed by atoms with Gasteiger partial charge in [-0.25, -0.2) is 4.39 Å². The van der Waals surface area contributed by atoms with Crippen molar-refractivity contribution in [2.24, 2.45) is 0 Å². The average Bonchev–Trinajstić information content (AvgIpc) is 2.69. The second-order valence-corrected chi connectivity index (χ2v) is 6.41. The Labute approximate surface area is 163 Å².